The molecule has 0 aliphatic carbocycles. The Morgan fingerprint density at radius 1 is 1.25 bits per heavy atom. The quantitative estimate of drug-likeness (QED) is 0.335. The Labute approximate surface area is 144 Å². The summed E-state index contributed by atoms with van der Waals surface area (Å²) in [7, 11) is 0. The minimum absolute atomic E-state index is 0.342. The van der Waals surface area contributed by atoms with Gasteiger partial charge in [0.1, 0.15) is 5.58 Å². The Bertz CT molecular complexity index is 960. The van der Waals surface area contributed by atoms with E-state index in [1.54, 1.807) is 6.07 Å². The predicted molar refractivity (Wildman–Crippen MR) is 103 cm³/mol. The molecular weight excluding hydrogens is 320 g/mol. The summed E-state index contributed by atoms with van der Waals surface area (Å²) < 4.78 is 5.37. The number of nitrogens with zero attached hydrogens (tertiary/aromatic N) is 1. The third-order valence-electron chi connectivity index (χ3n) is 3.70. The number of thioether (sulfide) groups is 1. The average Bonchev–Trinajstić information content (AvgIpc) is 2.57. The molecule has 2 aromatic carbocycles. The lowest BCUT2D eigenvalue weighted by Gasteiger charge is -2.08. The van der Waals surface area contributed by atoms with Gasteiger partial charge >= 0.3 is 5.63 Å². The zero-order valence-corrected chi connectivity index (χ0v) is 14.6. The number of benzene rings is 2. The van der Waals surface area contributed by atoms with Crippen LogP contribution in [-0.2, 0) is 5.75 Å². The van der Waals surface area contributed by atoms with Gasteiger partial charge in [0.25, 0.3) is 0 Å². The number of rotatable bonds is 4. The van der Waals surface area contributed by atoms with Gasteiger partial charge in [-0.15, -0.1) is 0 Å². The first-order valence-electron chi connectivity index (χ1n) is 7.92. The van der Waals surface area contributed by atoms with E-state index in [4.69, 9.17) is 10.2 Å². The molecule has 0 radical (unpaired) electrons. The van der Waals surface area contributed by atoms with Crippen molar-refractivity contribution in [2.45, 2.75) is 19.6 Å². The summed E-state index contributed by atoms with van der Waals surface area (Å²) in [5.74, 6) is 1.06. The van der Waals surface area contributed by atoms with Gasteiger partial charge < -0.3 is 10.2 Å². The summed E-state index contributed by atoms with van der Waals surface area (Å²) in [6.45, 7) is 4.91. The van der Waals surface area contributed by atoms with Crippen molar-refractivity contribution < 1.29 is 4.42 Å². The Balaban J connectivity index is 2.02. The highest BCUT2D eigenvalue weighted by molar-refractivity contribution is 8.13. The predicted octanol–water partition coefficient (Wildman–Crippen LogP) is 4.15. The monoisotopic (exact) mass is 340 g/mol. The molecule has 1 heterocycles. The van der Waals surface area contributed by atoms with Gasteiger partial charge in [-0.05, 0) is 28.3 Å². The molecule has 3 rings (SSSR count). The molecule has 0 aliphatic rings. The average molecular weight is 340 g/mol. The summed E-state index contributed by atoms with van der Waals surface area (Å²) in [6.07, 6.45) is 0. The molecule has 0 unspecified atom stereocenters. The second-order valence-electron chi connectivity index (χ2n) is 6.11. The van der Waals surface area contributed by atoms with Crippen LogP contribution in [0.15, 0.2) is 56.7 Å². The van der Waals surface area contributed by atoms with Gasteiger partial charge in [-0.3, -0.25) is 4.99 Å². The van der Waals surface area contributed by atoms with Crippen molar-refractivity contribution in [3.05, 3.63) is 58.4 Å². The SMILES string of the molecule is CC(C)CN=C(N)SCc1cc(=O)oc2ccc3ccccc3c12. The van der Waals surface area contributed by atoms with Gasteiger partial charge in [0.15, 0.2) is 5.17 Å². The summed E-state index contributed by atoms with van der Waals surface area (Å²) in [5, 5.41) is 3.71. The summed E-state index contributed by atoms with van der Waals surface area (Å²) in [4.78, 5) is 16.2. The molecule has 0 spiro atoms. The lowest BCUT2D eigenvalue weighted by molar-refractivity contribution is 0.560. The summed E-state index contributed by atoms with van der Waals surface area (Å²) in [6, 6.07) is 13.5. The van der Waals surface area contributed by atoms with Gasteiger partial charge in [-0.2, -0.15) is 0 Å². The van der Waals surface area contributed by atoms with Crippen LogP contribution in [0.2, 0.25) is 0 Å². The fourth-order valence-corrected chi connectivity index (χ4v) is 3.30. The number of amidine groups is 1. The lowest BCUT2D eigenvalue weighted by atomic mass is 10.0. The minimum Gasteiger partial charge on any atom is -0.423 e. The molecule has 0 amide bonds. The molecule has 5 heteroatoms. The molecule has 1 aromatic heterocycles. The van der Waals surface area contributed by atoms with E-state index in [9.17, 15) is 4.79 Å². The van der Waals surface area contributed by atoms with E-state index < -0.39 is 0 Å². The van der Waals surface area contributed by atoms with Crippen LogP contribution < -0.4 is 11.4 Å². The van der Waals surface area contributed by atoms with Crippen LogP contribution in [0.5, 0.6) is 0 Å². The molecule has 3 aromatic rings. The van der Waals surface area contributed by atoms with Crippen molar-refractivity contribution in [1.82, 2.24) is 0 Å². The fraction of sp³-hybridized carbons (Fsp3) is 0.263. The van der Waals surface area contributed by atoms with Crippen molar-refractivity contribution in [1.29, 1.82) is 0 Å². The van der Waals surface area contributed by atoms with Crippen LogP contribution in [0, 0.1) is 5.92 Å². The zero-order chi connectivity index (χ0) is 17.1. The smallest absolute Gasteiger partial charge is 0.336 e. The van der Waals surface area contributed by atoms with E-state index in [0.717, 1.165) is 21.7 Å². The first kappa shape index (κ1) is 16.6. The van der Waals surface area contributed by atoms with Crippen LogP contribution in [0.25, 0.3) is 21.7 Å². The molecule has 0 saturated carbocycles. The van der Waals surface area contributed by atoms with Crippen molar-refractivity contribution in [2.24, 2.45) is 16.6 Å². The van der Waals surface area contributed by atoms with Crippen LogP contribution in [0.4, 0.5) is 0 Å². The lowest BCUT2D eigenvalue weighted by Crippen LogP contribution is -2.10. The number of nitrogens with two attached hydrogens (primary N) is 1. The van der Waals surface area contributed by atoms with Crippen LogP contribution >= 0.6 is 11.8 Å². The van der Waals surface area contributed by atoms with Gasteiger partial charge in [0.2, 0.25) is 0 Å². The van der Waals surface area contributed by atoms with E-state index in [1.165, 1.54) is 11.8 Å². The largest absolute Gasteiger partial charge is 0.423 e. The molecule has 0 atom stereocenters. The maximum Gasteiger partial charge on any atom is 0.336 e. The zero-order valence-electron chi connectivity index (χ0n) is 13.8. The maximum absolute atomic E-state index is 11.9. The normalized spacial score (nSPS) is 12.4. The fourth-order valence-electron chi connectivity index (χ4n) is 2.60. The molecule has 124 valence electrons. The summed E-state index contributed by atoms with van der Waals surface area (Å²) in [5.41, 5.74) is 7.16. The van der Waals surface area contributed by atoms with E-state index >= 15 is 0 Å². The Kier molecular flexibility index (Phi) is 4.90. The Morgan fingerprint density at radius 3 is 2.83 bits per heavy atom. The Morgan fingerprint density at radius 2 is 2.04 bits per heavy atom. The molecular formula is C19H20N2O2S. The van der Waals surface area contributed by atoms with Crippen molar-refractivity contribution in [3.8, 4) is 0 Å². The number of hydrogen-bond donors (Lipinski definition) is 1. The van der Waals surface area contributed by atoms with Crippen LogP contribution in [0.3, 0.4) is 0 Å². The number of hydrogen-bond acceptors (Lipinski definition) is 4. The molecule has 2 N–H and O–H groups in total. The standard InChI is InChI=1S/C19H20N2O2S/c1-12(2)10-21-19(20)24-11-14-9-17(22)23-16-8-7-13-5-3-4-6-15(13)18(14)16/h3-9,12H,10-11H2,1-2H3,(H2,20,21). The Hall–Kier alpha value is -2.27. The van der Waals surface area contributed by atoms with Crippen LogP contribution in [0.1, 0.15) is 19.4 Å². The topological polar surface area (TPSA) is 68.6 Å². The van der Waals surface area contributed by atoms with Crippen molar-refractivity contribution >= 4 is 38.7 Å². The second kappa shape index (κ2) is 7.09. The molecule has 0 bridgehead atoms. The highest BCUT2D eigenvalue weighted by Gasteiger charge is 2.10. The van der Waals surface area contributed by atoms with E-state index in [-0.39, 0.29) is 5.63 Å². The van der Waals surface area contributed by atoms with Crippen molar-refractivity contribution in [3.63, 3.8) is 0 Å². The highest BCUT2D eigenvalue weighted by Crippen LogP contribution is 2.29. The molecule has 0 fully saturated rings. The third-order valence-corrected chi connectivity index (χ3v) is 4.58. The van der Waals surface area contributed by atoms with E-state index in [1.807, 2.05) is 30.3 Å². The number of fused-ring (bicyclic) bond motifs is 3. The maximum atomic E-state index is 11.9. The van der Waals surface area contributed by atoms with E-state index in [2.05, 4.69) is 24.9 Å². The van der Waals surface area contributed by atoms with Crippen molar-refractivity contribution in [2.75, 3.05) is 6.54 Å². The van der Waals surface area contributed by atoms with E-state index in [0.29, 0.717) is 29.0 Å². The molecule has 0 aliphatic heterocycles. The minimum atomic E-state index is -0.342. The first-order valence-corrected chi connectivity index (χ1v) is 8.90. The number of aliphatic imine (C=N–C) groups is 1. The van der Waals surface area contributed by atoms with Crippen LogP contribution in [-0.4, -0.2) is 11.7 Å². The summed E-state index contributed by atoms with van der Waals surface area (Å²) >= 11 is 1.45. The van der Waals surface area contributed by atoms with Gasteiger partial charge in [0.05, 0.1) is 0 Å². The molecule has 24 heavy (non-hydrogen) atoms. The molecule has 4 nitrogen and oxygen atoms in total. The third kappa shape index (κ3) is 3.62. The highest BCUT2D eigenvalue weighted by atomic mass is 32.2. The first-order chi connectivity index (χ1) is 11.5. The second-order valence-corrected chi connectivity index (χ2v) is 7.11. The molecule has 0 saturated heterocycles. The van der Waals surface area contributed by atoms with Gasteiger partial charge in [-0.1, -0.05) is 55.9 Å². The van der Waals surface area contributed by atoms with Gasteiger partial charge in [-0.25, -0.2) is 4.79 Å². The van der Waals surface area contributed by atoms with Gasteiger partial charge in [0, 0.05) is 23.8 Å².